The quantitative estimate of drug-likeness (QED) is 0.658. The molecule has 2 aliphatic carbocycles. The summed E-state index contributed by atoms with van der Waals surface area (Å²) in [5.41, 5.74) is 6.66. The highest BCUT2D eigenvalue weighted by Gasteiger charge is 2.50. The molecule has 4 aliphatic rings. The number of aryl methyl sites for hydroxylation is 1. The fraction of sp³-hybridized carbons (Fsp3) is 0.607. The summed E-state index contributed by atoms with van der Waals surface area (Å²) in [5.74, 6) is 1.15. The van der Waals surface area contributed by atoms with Gasteiger partial charge in [0, 0.05) is 56.2 Å². The van der Waals surface area contributed by atoms with Crippen LogP contribution in [0.2, 0.25) is 0 Å². The van der Waals surface area contributed by atoms with E-state index in [1.54, 1.807) is 0 Å². The number of piperazine rings is 1. The Morgan fingerprint density at radius 2 is 1.75 bits per heavy atom. The van der Waals surface area contributed by atoms with Crippen molar-refractivity contribution in [1.82, 2.24) is 19.6 Å². The summed E-state index contributed by atoms with van der Waals surface area (Å²) in [7, 11) is 0. The molecular weight excluding hydrogens is 454 g/mol. The summed E-state index contributed by atoms with van der Waals surface area (Å²) in [5, 5.41) is 4.78. The molecule has 3 heterocycles. The minimum Gasteiger partial charge on any atom is -0.372 e. The van der Waals surface area contributed by atoms with Gasteiger partial charge in [-0.1, -0.05) is 12.1 Å². The number of nitrogens with zero attached hydrogens (tertiary/aromatic N) is 5. The molecule has 0 radical (unpaired) electrons. The maximum absolute atomic E-state index is 13.5. The van der Waals surface area contributed by atoms with E-state index >= 15 is 0 Å². The van der Waals surface area contributed by atoms with Crippen LogP contribution in [0.1, 0.15) is 59.1 Å². The highest BCUT2D eigenvalue weighted by molar-refractivity contribution is 5.95. The molecule has 8 heteroatoms. The molecule has 2 amide bonds. The van der Waals surface area contributed by atoms with Crippen LogP contribution in [0.3, 0.4) is 0 Å². The van der Waals surface area contributed by atoms with Gasteiger partial charge in [-0.2, -0.15) is 5.10 Å². The van der Waals surface area contributed by atoms with Gasteiger partial charge < -0.3 is 19.4 Å². The first-order valence-corrected chi connectivity index (χ1v) is 13.4. The molecule has 0 bridgehead atoms. The number of morpholine rings is 1. The van der Waals surface area contributed by atoms with Crippen molar-refractivity contribution in [3.05, 3.63) is 46.3 Å². The summed E-state index contributed by atoms with van der Waals surface area (Å²) in [6, 6.07) is 6.42. The Balaban J connectivity index is 1.15. The molecule has 1 saturated carbocycles. The van der Waals surface area contributed by atoms with E-state index in [4.69, 9.17) is 9.84 Å². The van der Waals surface area contributed by atoms with Gasteiger partial charge in [0.25, 0.3) is 5.91 Å². The number of hydrogen-bond donors (Lipinski definition) is 0. The molecule has 8 nitrogen and oxygen atoms in total. The summed E-state index contributed by atoms with van der Waals surface area (Å²) in [4.78, 5) is 33.1. The fourth-order valence-corrected chi connectivity index (χ4v) is 6.48. The largest absolute Gasteiger partial charge is 0.372 e. The molecule has 0 N–H and O–H groups in total. The number of ether oxygens (including phenoxy) is 1. The molecule has 1 aromatic heterocycles. The number of aromatic nitrogens is 2. The second kappa shape index (κ2) is 8.91. The molecule has 3 fully saturated rings. The lowest BCUT2D eigenvalue weighted by atomic mass is 10.1. The zero-order chi connectivity index (χ0) is 25.1. The number of carbonyl (C=O) groups is 2. The van der Waals surface area contributed by atoms with E-state index in [1.165, 1.54) is 16.8 Å². The molecule has 192 valence electrons. The van der Waals surface area contributed by atoms with Gasteiger partial charge in [0.05, 0.1) is 12.2 Å². The Hall–Kier alpha value is -2.87. The Kier molecular flexibility index (Phi) is 5.82. The highest BCUT2D eigenvalue weighted by atomic mass is 16.5. The van der Waals surface area contributed by atoms with Gasteiger partial charge in [0.15, 0.2) is 5.69 Å². The SMILES string of the molecule is Cc1cccc(N2CCN(C(=O)Cn3nc(C(=O)N4C[C@@H](C)O[C@@H](C)C4)c4c3C[C@@H]3C[C@H]43)CC2)c1C. The van der Waals surface area contributed by atoms with Gasteiger partial charge in [-0.3, -0.25) is 14.3 Å². The van der Waals surface area contributed by atoms with E-state index in [9.17, 15) is 9.59 Å². The van der Waals surface area contributed by atoms with Crippen molar-refractivity contribution in [2.24, 2.45) is 5.92 Å². The third-order valence-corrected chi connectivity index (χ3v) is 8.59. The van der Waals surface area contributed by atoms with Crippen LogP contribution in [0.4, 0.5) is 5.69 Å². The first-order chi connectivity index (χ1) is 17.3. The Morgan fingerprint density at radius 3 is 2.47 bits per heavy atom. The molecule has 6 rings (SSSR count). The molecule has 0 unspecified atom stereocenters. The Morgan fingerprint density at radius 1 is 1.03 bits per heavy atom. The predicted molar refractivity (Wildman–Crippen MR) is 137 cm³/mol. The third kappa shape index (κ3) is 4.09. The topological polar surface area (TPSA) is 70.9 Å². The Bertz CT molecular complexity index is 1190. The van der Waals surface area contributed by atoms with Crippen LogP contribution in [0.25, 0.3) is 0 Å². The predicted octanol–water partition coefficient (Wildman–Crippen LogP) is 2.76. The molecule has 0 spiro atoms. The first kappa shape index (κ1) is 23.5. The average molecular weight is 492 g/mol. The molecule has 1 aromatic carbocycles. The summed E-state index contributed by atoms with van der Waals surface area (Å²) >= 11 is 0. The molecule has 2 aromatic rings. The number of amides is 2. The van der Waals surface area contributed by atoms with Crippen molar-refractivity contribution in [3.8, 4) is 0 Å². The van der Waals surface area contributed by atoms with Crippen molar-refractivity contribution in [1.29, 1.82) is 0 Å². The summed E-state index contributed by atoms with van der Waals surface area (Å²) in [6.45, 7) is 12.8. The van der Waals surface area contributed by atoms with Crippen molar-refractivity contribution >= 4 is 17.5 Å². The minimum atomic E-state index is -0.00543. The van der Waals surface area contributed by atoms with Crippen LogP contribution in [-0.2, 0) is 22.5 Å². The van der Waals surface area contributed by atoms with Crippen LogP contribution in [0.15, 0.2) is 18.2 Å². The first-order valence-electron chi connectivity index (χ1n) is 13.4. The van der Waals surface area contributed by atoms with E-state index in [1.807, 2.05) is 28.3 Å². The number of rotatable bonds is 4. The van der Waals surface area contributed by atoms with Gasteiger partial charge in [-0.15, -0.1) is 0 Å². The van der Waals surface area contributed by atoms with Crippen LogP contribution in [0.5, 0.6) is 0 Å². The van der Waals surface area contributed by atoms with Gasteiger partial charge in [-0.25, -0.2) is 0 Å². The fourth-order valence-electron chi connectivity index (χ4n) is 6.48. The van der Waals surface area contributed by atoms with Crippen molar-refractivity contribution in [2.75, 3.05) is 44.2 Å². The monoisotopic (exact) mass is 491 g/mol. The second-order valence-corrected chi connectivity index (χ2v) is 11.2. The second-order valence-electron chi connectivity index (χ2n) is 11.2. The van der Waals surface area contributed by atoms with Crippen molar-refractivity contribution in [2.45, 2.75) is 65.2 Å². The van der Waals surface area contributed by atoms with Crippen LogP contribution in [-0.4, -0.2) is 82.9 Å². The van der Waals surface area contributed by atoms with Crippen LogP contribution >= 0.6 is 0 Å². The maximum Gasteiger partial charge on any atom is 0.274 e. The van der Waals surface area contributed by atoms with E-state index in [0.717, 1.165) is 37.2 Å². The van der Waals surface area contributed by atoms with Gasteiger partial charge >= 0.3 is 0 Å². The summed E-state index contributed by atoms with van der Waals surface area (Å²) < 4.78 is 7.67. The zero-order valence-electron chi connectivity index (χ0n) is 21.9. The van der Waals surface area contributed by atoms with Gasteiger partial charge in [0.2, 0.25) is 5.91 Å². The number of benzene rings is 1. The zero-order valence-corrected chi connectivity index (χ0v) is 21.9. The lowest BCUT2D eigenvalue weighted by Gasteiger charge is -2.37. The lowest BCUT2D eigenvalue weighted by Crippen LogP contribution is -2.50. The molecule has 4 atom stereocenters. The number of carbonyl (C=O) groups excluding carboxylic acids is 2. The third-order valence-electron chi connectivity index (χ3n) is 8.59. The number of hydrogen-bond acceptors (Lipinski definition) is 5. The van der Waals surface area contributed by atoms with E-state index < -0.39 is 0 Å². The minimum absolute atomic E-state index is 0.00543. The normalized spacial score (nSPS) is 27.2. The van der Waals surface area contributed by atoms with Crippen molar-refractivity contribution in [3.63, 3.8) is 0 Å². The van der Waals surface area contributed by atoms with E-state index in [0.29, 0.717) is 43.7 Å². The number of fused-ring (bicyclic) bond motifs is 3. The van der Waals surface area contributed by atoms with Crippen LogP contribution < -0.4 is 4.90 Å². The average Bonchev–Trinajstić information content (AvgIpc) is 3.38. The number of anilines is 1. The highest BCUT2D eigenvalue weighted by Crippen LogP contribution is 2.57. The Labute approximate surface area is 213 Å². The lowest BCUT2D eigenvalue weighted by molar-refractivity contribution is -0.132. The molecular formula is C28H37N5O3. The molecule has 2 aliphatic heterocycles. The molecule has 2 saturated heterocycles. The van der Waals surface area contributed by atoms with Crippen LogP contribution in [0, 0.1) is 19.8 Å². The van der Waals surface area contributed by atoms with E-state index in [2.05, 4.69) is 36.9 Å². The van der Waals surface area contributed by atoms with E-state index in [-0.39, 0.29) is 30.6 Å². The smallest absolute Gasteiger partial charge is 0.274 e. The van der Waals surface area contributed by atoms with Gasteiger partial charge in [0.1, 0.15) is 6.54 Å². The maximum atomic E-state index is 13.5. The van der Waals surface area contributed by atoms with Crippen molar-refractivity contribution < 1.29 is 14.3 Å². The standard InChI is InChI=1S/C28H37N5O3/c1-17-6-5-7-23(20(17)4)30-8-10-31(11-9-30)25(34)16-33-24-13-21-12-22(21)26(24)27(29-33)28(35)32-14-18(2)36-19(3)15-32/h5-7,18-19,21-22H,8-16H2,1-4H3/t18-,19+,21-,22-/m0/s1. The van der Waals surface area contributed by atoms with Gasteiger partial charge in [-0.05, 0) is 69.6 Å². The molecule has 36 heavy (non-hydrogen) atoms. The summed E-state index contributed by atoms with van der Waals surface area (Å²) in [6.07, 6.45) is 2.11.